The molecule has 0 bridgehead atoms. The minimum atomic E-state index is -2.95. The van der Waals surface area contributed by atoms with Gasteiger partial charge in [0, 0.05) is 19.3 Å². The van der Waals surface area contributed by atoms with Crippen molar-refractivity contribution in [2.24, 2.45) is 0 Å². The number of hydrogen-bond acceptors (Lipinski definition) is 3. The Bertz CT molecular complexity index is 189. The van der Waals surface area contributed by atoms with Crippen molar-refractivity contribution in [3.05, 3.63) is 0 Å². The van der Waals surface area contributed by atoms with Gasteiger partial charge in [-0.15, -0.1) is 0 Å². The third kappa shape index (κ3) is 3.98. The summed E-state index contributed by atoms with van der Waals surface area (Å²) in [5, 5.41) is 0. The molecule has 0 aliphatic carbocycles. The van der Waals surface area contributed by atoms with Crippen LogP contribution in [0, 0.1) is 0 Å². The molecule has 0 spiro atoms. The molecule has 5 heteroatoms. The van der Waals surface area contributed by atoms with Crippen LogP contribution < -0.4 is 0 Å². The van der Waals surface area contributed by atoms with Gasteiger partial charge in [0.15, 0.2) is 0 Å². The lowest BCUT2D eigenvalue weighted by atomic mass is 10.8. The highest BCUT2D eigenvalue weighted by atomic mass is 32.2. The predicted octanol–water partition coefficient (Wildman–Crippen LogP) is 0.631. The van der Waals surface area contributed by atoms with Crippen LogP contribution in [0.1, 0.15) is 6.92 Å². The quantitative estimate of drug-likeness (QED) is 0.649. The van der Waals surface area contributed by atoms with Crippen LogP contribution in [0.2, 0.25) is 0 Å². The van der Waals surface area contributed by atoms with Crippen molar-refractivity contribution in [3.8, 4) is 0 Å². The van der Waals surface area contributed by atoms with Gasteiger partial charge in [-0.1, -0.05) is 0 Å². The standard InChI is InChI=1S/C6H15NO2S2/c1-4-11(8,9)7(2)5-6-10-3/h4-6H2,1-3H3. The molecular formula is C6H15NO2S2. The van der Waals surface area contributed by atoms with Gasteiger partial charge in [0.2, 0.25) is 10.0 Å². The first-order valence-electron chi connectivity index (χ1n) is 3.47. The van der Waals surface area contributed by atoms with E-state index in [9.17, 15) is 8.42 Å². The van der Waals surface area contributed by atoms with Crippen LogP contribution in [0.5, 0.6) is 0 Å². The lowest BCUT2D eigenvalue weighted by molar-refractivity contribution is 0.490. The fraction of sp³-hybridized carbons (Fsp3) is 1.00. The Kier molecular flexibility index (Phi) is 5.12. The molecule has 0 amide bonds. The van der Waals surface area contributed by atoms with Crippen molar-refractivity contribution < 1.29 is 8.42 Å². The van der Waals surface area contributed by atoms with E-state index in [1.807, 2.05) is 6.26 Å². The minimum absolute atomic E-state index is 0.192. The van der Waals surface area contributed by atoms with Gasteiger partial charge in [-0.2, -0.15) is 11.8 Å². The Hall–Kier alpha value is 0.260. The molecule has 0 aromatic rings. The van der Waals surface area contributed by atoms with Crippen LogP contribution in [0.25, 0.3) is 0 Å². The Balaban J connectivity index is 3.93. The summed E-state index contributed by atoms with van der Waals surface area (Å²) in [5.74, 6) is 1.05. The zero-order valence-electron chi connectivity index (χ0n) is 7.20. The van der Waals surface area contributed by atoms with Crippen molar-refractivity contribution >= 4 is 21.8 Å². The largest absolute Gasteiger partial charge is 0.213 e. The smallest absolute Gasteiger partial charge is 0.212 e. The van der Waals surface area contributed by atoms with E-state index in [0.717, 1.165) is 5.75 Å². The molecule has 0 heterocycles. The second-order valence-electron chi connectivity index (χ2n) is 2.21. The van der Waals surface area contributed by atoms with Crippen LogP contribution in [0.4, 0.5) is 0 Å². The van der Waals surface area contributed by atoms with E-state index in [0.29, 0.717) is 6.54 Å². The van der Waals surface area contributed by atoms with Gasteiger partial charge in [0.05, 0.1) is 5.75 Å². The Morgan fingerprint density at radius 3 is 2.36 bits per heavy atom. The summed E-state index contributed by atoms with van der Waals surface area (Å²) in [7, 11) is -1.33. The lowest BCUT2D eigenvalue weighted by Crippen LogP contribution is -2.30. The topological polar surface area (TPSA) is 37.4 Å². The highest BCUT2D eigenvalue weighted by molar-refractivity contribution is 7.98. The van der Waals surface area contributed by atoms with Gasteiger partial charge in [0.25, 0.3) is 0 Å². The molecule has 0 unspecified atom stereocenters. The minimum Gasteiger partial charge on any atom is -0.212 e. The molecule has 0 N–H and O–H groups in total. The van der Waals surface area contributed by atoms with Crippen molar-refractivity contribution in [3.63, 3.8) is 0 Å². The summed E-state index contributed by atoms with van der Waals surface area (Å²) in [6, 6.07) is 0. The monoisotopic (exact) mass is 197 g/mol. The van der Waals surface area contributed by atoms with Crippen molar-refractivity contribution in [1.82, 2.24) is 4.31 Å². The molecule has 11 heavy (non-hydrogen) atoms. The van der Waals surface area contributed by atoms with Gasteiger partial charge in [-0.25, -0.2) is 12.7 Å². The summed E-state index contributed by atoms with van der Waals surface area (Å²) in [5.41, 5.74) is 0. The average molecular weight is 197 g/mol. The van der Waals surface area contributed by atoms with Crippen molar-refractivity contribution in [1.29, 1.82) is 0 Å². The maximum Gasteiger partial charge on any atom is 0.213 e. The number of nitrogens with zero attached hydrogens (tertiary/aromatic N) is 1. The summed E-state index contributed by atoms with van der Waals surface area (Å²) in [6.45, 7) is 2.27. The molecule has 0 saturated heterocycles. The van der Waals surface area contributed by atoms with Crippen LogP contribution in [-0.2, 0) is 10.0 Å². The fourth-order valence-electron chi connectivity index (χ4n) is 0.579. The predicted molar refractivity (Wildman–Crippen MR) is 50.5 cm³/mol. The molecule has 0 atom stereocenters. The van der Waals surface area contributed by atoms with Gasteiger partial charge in [0.1, 0.15) is 0 Å². The van der Waals surface area contributed by atoms with E-state index in [1.165, 1.54) is 4.31 Å². The highest BCUT2D eigenvalue weighted by Crippen LogP contribution is 1.99. The first-order chi connectivity index (χ1) is 5.04. The van der Waals surface area contributed by atoms with Crippen molar-refractivity contribution in [2.75, 3.05) is 31.4 Å². The van der Waals surface area contributed by atoms with Crippen LogP contribution in [0.3, 0.4) is 0 Å². The van der Waals surface area contributed by atoms with Crippen molar-refractivity contribution in [2.45, 2.75) is 6.92 Å². The molecule has 0 aliphatic rings. The summed E-state index contributed by atoms with van der Waals surface area (Å²) < 4.78 is 23.6. The summed E-state index contributed by atoms with van der Waals surface area (Å²) >= 11 is 1.65. The molecule has 68 valence electrons. The van der Waals surface area contributed by atoms with E-state index >= 15 is 0 Å². The first-order valence-corrected chi connectivity index (χ1v) is 6.48. The summed E-state index contributed by atoms with van der Waals surface area (Å²) in [6.07, 6.45) is 1.96. The number of rotatable bonds is 5. The molecule has 0 rings (SSSR count). The van der Waals surface area contributed by atoms with Crippen LogP contribution in [-0.4, -0.2) is 44.1 Å². The summed E-state index contributed by atoms with van der Waals surface area (Å²) in [4.78, 5) is 0. The number of hydrogen-bond donors (Lipinski definition) is 0. The molecule has 0 aliphatic heterocycles. The lowest BCUT2D eigenvalue weighted by Gasteiger charge is -2.14. The zero-order valence-corrected chi connectivity index (χ0v) is 8.83. The number of sulfonamides is 1. The Morgan fingerprint density at radius 1 is 1.45 bits per heavy atom. The molecule has 0 aromatic heterocycles. The van der Waals surface area contributed by atoms with Crippen LogP contribution >= 0.6 is 11.8 Å². The molecule has 0 radical (unpaired) electrons. The van der Waals surface area contributed by atoms with Gasteiger partial charge < -0.3 is 0 Å². The van der Waals surface area contributed by atoms with Crippen LogP contribution in [0.15, 0.2) is 0 Å². The van der Waals surface area contributed by atoms with Gasteiger partial charge in [-0.05, 0) is 13.2 Å². The fourth-order valence-corrected chi connectivity index (χ4v) is 1.96. The zero-order chi connectivity index (χ0) is 8.91. The molecular weight excluding hydrogens is 182 g/mol. The second kappa shape index (κ2) is 5.00. The van der Waals surface area contributed by atoms with E-state index in [-0.39, 0.29) is 5.75 Å². The second-order valence-corrected chi connectivity index (χ2v) is 5.57. The average Bonchev–Trinajstić information content (AvgIpc) is 2.00. The molecule has 0 saturated carbocycles. The van der Waals surface area contributed by atoms with Gasteiger partial charge >= 0.3 is 0 Å². The molecule has 0 fully saturated rings. The SMILES string of the molecule is CCS(=O)(=O)N(C)CCSC. The van der Waals surface area contributed by atoms with E-state index < -0.39 is 10.0 Å². The Morgan fingerprint density at radius 2 is 2.00 bits per heavy atom. The maximum absolute atomic E-state index is 11.1. The Labute approximate surface area is 73.2 Å². The third-order valence-corrected chi connectivity index (χ3v) is 3.90. The normalized spacial score (nSPS) is 12.4. The molecule has 3 nitrogen and oxygen atoms in total. The van der Waals surface area contributed by atoms with Gasteiger partial charge in [-0.3, -0.25) is 0 Å². The highest BCUT2D eigenvalue weighted by Gasteiger charge is 2.13. The van der Waals surface area contributed by atoms with E-state index in [4.69, 9.17) is 0 Å². The maximum atomic E-state index is 11.1. The van der Waals surface area contributed by atoms with E-state index in [1.54, 1.807) is 25.7 Å². The third-order valence-electron chi connectivity index (χ3n) is 1.45. The first kappa shape index (κ1) is 11.3. The van der Waals surface area contributed by atoms with E-state index in [2.05, 4.69) is 0 Å². The molecule has 0 aromatic carbocycles. The number of thioether (sulfide) groups is 1.